The van der Waals surface area contributed by atoms with Crippen molar-refractivity contribution in [2.75, 3.05) is 13.2 Å². The summed E-state index contributed by atoms with van der Waals surface area (Å²) in [5.41, 5.74) is 3.25. The Bertz CT molecular complexity index is 1070. The molecule has 2 N–H and O–H groups in total. The fourth-order valence-electron chi connectivity index (χ4n) is 3.10. The van der Waals surface area contributed by atoms with E-state index in [0.717, 1.165) is 48.5 Å². The van der Waals surface area contributed by atoms with E-state index in [-0.39, 0.29) is 5.82 Å². The number of fused-ring (bicyclic) bond motifs is 1. The van der Waals surface area contributed by atoms with Crippen molar-refractivity contribution in [1.29, 1.82) is 0 Å². The molecule has 4 rings (SSSR count). The molecule has 0 bridgehead atoms. The predicted octanol–water partition coefficient (Wildman–Crippen LogP) is 5.44. The number of hydrogen-bond donors (Lipinski definition) is 2. The molecular formula is C22H20F4N2O3. The fraction of sp³-hybridized carbons (Fsp3) is 0.273. The van der Waals surface area contributed by atoms with Gasteiger partial charge in [0.2, 0.25) is 0 Å². The molecule has 1 aromatic heterocycles. The number of alkyl halides is 3. The molecule has 1 saturated heterocycles. The van der Waals surface area contributed by atoms with Crippen LogP contribution in [0.2, 0.25) is 0 Å². The number of ether oxygens (including phenoxy) is 1. The molecule has 0 atom stereocenters. The number of aliphatic carboxylic acids is 1. The molecule has 1 fully saturated rings. The van der Waals surface area contributed by atoms with Gasteiger partial charge in [0.25, 0.3) is 0 Å². The highest BCUT2D eigenvalue weighted by molar-refractivity contribution is 5.83. The number of carbonyl (C=O) groups is 1. The zero-order chi connectivity index (χ0) is 22.4. The van der Waals surface area contributed by atoms with Gasteiger partial charge in [-0.15, -0.1) is 0 Å². The quantitative estimate of drug-likeness (QED) is 0.536. The summed E-state index contributed by atoms with van der Waals surface area (Å²) in [5, 5.41) is 7.12. The van der Waals surface area contributed by atoms with Gasteiger partial charge in [0.15, 0.2) is 0 Å². The number of benzene rings is 2. The number of aromatic nitrogens is 2. The SMILES string of the molecule is Fc1ccccc1-c1ccc2[nH]c(/C=C/C3CCOCC3)nc2c1.O=C(O)C(F)(F)F. The first-order valence-corrected chi connectivity index (χ1v) is 9.55. The first kappa shape index (κ1) is 22.5. The molecule has 2 aromatic carbocycles. The van der Waals surface area contributed by atoms with Gasteiger partial charge in [-0.2, -0.15) is 13.2 Å². The number of halogens is 4. The molecule has 5 nitrogen and oxygen atoms in total. The molecule has 0 unspecified atom stereocenters. The van der Waals surface area contributed by atoms with Crippen LogP contribution < -0.4 is 0 Å². The summed E-state index contributed by atoms with van der Waals surface area (Å²) in [6.07, 6.45) is 1.29. The van der Waals surface area contributed by atoms with E-state index in [2.05, 4.69) is 16.0 Å². The van der Waals surface area contributed by atoms with Gasteiger partial charge in [0, 0.05) is 18.8 Å². The van der Waals surface area contributed by atoms with Gasteiger partial charge in [0.05, 0.1) is 11.0 Å². The topological polar surface area (TPSA) is 75.2 Å². The van der Waals surface area contributed by atoms with Gasteiger partial charge in [-0.3, -0.25) is 0 Å². The number of imidazole rings is 1. The second kappa shape index (κ2) is 9.74. The number of allylic oxidation sites excluding steroid dienone is 1. The van der Waals surface area contributed by atoms with Crippen LogP contribution in [-0.4, -0.2) is 40.4 Å². The van der Waals surface area contributed by atoms with Crippen LogP contribution in [0.15, 0.2) is 48.5 Å². The lowest BCUT2D eigenvalue weighted by Crippen LogP contribution is -2.21. The second-order valence-electron chi connectivity index (χ2n) is 6.95. The highest BCUT2D eigenvalue weighted by Gasteiger charge is 2.38. The third-order valence-corrected chi connectivity index (χ3v) is 4.72. The third-order valence-electron chi connectivity index (χ3n) is 4.72. The van der Waals surface area contributed by atoms with Crippen molar-refractivity contribution in [3.63, 3.8) is 0 Å². The lowest BCUT2D eigenvalue weighted by atomic mass is 10.00. The summed E-state index contributed by atoms with van der Waals surface area (Å²) in [7, 11) is 0. The Kier molecular flexibility index (Phi) is 7.06. The molecule has 0 saturated carbocycles. The molecule has 164 valence electrons. The highest BCUT2D eigenvalue weighted by Crippen LogP contribution is 2.26. The summed E-state index contributed by atoms with van der Waals surface area (Å²) < 4.78 is 51.1. The number of rotatable bonds is 3. The monoisotopic (exact) mass is 436 g/mol. The second-order valence-corrected chi connectivity index (χ2v) is 6.95. The van der Waals surface area contributed by atoms with Gasteiger partial charge in [-0.05, 0) is 48.6 Å². The molecule has 31 heavy (non-hydrogen) atoms. The van der Waals surface area contributed by atoms with Crippen molar-refractivity contribution in [3.05, 3.63) is 60.2 Å². The Labute approximate surface area is 175 Å². The van der Waals surface area contributed by atoms with E-state index in [9.17, 15) is 17.6 Å². The van der Waals surface area contributed by atoms with Crippen LogP contribution >= 0.6 is 0 Å². The average molecular weight is 436 g/mol. The summed E-state index contributed by atoms with van der Waals surface area (Å²) >= 11 is 0. The van der Waals surface area contributed by atoms with Crippen molar-refractivity contribution in [2.24, 2.45) is 5.92 Å². The molecule has 1 aliphatic heterocycles. The Hall–Kier alpha value is -3.20. The van der Waals surface area contributed by atoms with Crippen LogP contribution in [0.3, 0.4) is 0 Å². The molecule has 1 aliphatic rings. The smallest absolute Gasteiger partial charge is 0.475 e. The lowest BCUT2D eigenvalue weighted by molar-refractivity contribution is -0.192. The lowest BCUT2D eigenvalue weighted by Gasteiger charge is -2.18. The minimum absolute atomic E-state index is 0.216. The molecule has 0 radical (unpaired) electrons. The van der Waals surface area contributed by atoms with Gasteiger partial charge in [-0.1, -0.05) is 30.3 Å². The van der Waals surface area contributed by atoms with Crippen molar-refractivity contribution in [2.45, 2.75) is 19.0 Å². The van der Waals surface area contributed by atoms with Crippen molar-refractivity contribution < 1.29 is 32.2 Å². The Balaban J connectivity index is 0.000000339. The van der Waals surface area contributed by atoms with E-state index in [4.69, 9.17) is 14.6 Å². The molecule has 0 spiro atoms. The van der Waals surface area contributed by atoms with E-state index in [0.29, 0.717) is 11.5 Å². The van der Waals surface area contributed by atoms with Gasteiger partial charge < -0.3 is 14.8 Å². The minimum Gasteiger partial charge on any atom is -0.475 e. The first-order chi connectivity index (χ1) is 14.7. The Morgan fingerprint density at radius 2 is 1.84 bits per heavy atom. The standard InChI is InChI=1S/C20H19FN2O.C2HF3O2/c21-17-4-2-1-3-16(17)15-6-7-18-19(13-15)23-20(22-18)8-5-14-9-11-24-12-10-14;3-2(4,5)1(6)7/h1-8,13-14H,9-12H2,(H,22,23);(H,6,7)/b8-5+;. The normalized spacial score (nSPS) is 15.1. The van der Waals surface area contributed by atoms with Crippen molar-refractivity contribution in [3.8, 4) is 11.1 Å². The fourth-order valence-corrected chi connectivity index (χ4v) is 3.10. The van der Waals surface area contributed by atoms with Gasteiger partial charge in [-0.25, -0.2) is 14.2 Å². The first-order valence-electron chi connectivity index (χ1n) is 9.55. The number of carboxylic acids is 1. The maximum Gasteiger partial charge on any atom is 0.490 e. The summed E-state index contributed by atoms with van der Waals surface area (Å²) in [6.45, 7) is 1.67. The molecule has 2 heterocycles. The van der Waals surface area contributed by atoms with E-state index in [1.165, 1.54) is 6.07 Å². The largest absolute Gasteiger partial charge is 0.490 e. The van der Waals surface area contributed by atoms with E-state index < -0.39 is 12.1 Å². The molecule has 3 aromatic rings. The van der Waals surface area contributed by atoms with Crippen LogP contribution in [-0.2, 0) is 9.53 Å². The maximum absolute atomic E-state index is 14.0. The summed E-state index contributed by atoms with van der Waals surface area (Å²) in [5.74, 6) is -1.58. The minimum atomic E-state index is -5.08. The number of carboxylic acid groups (broad SMARTS) is 1. The average Bonchev–Trinajstić information content (AvgIpc) is 3.15. The molecule has 9 heteroatoms. The van der Waals surface area contributed by atoms with Crippen molar-refractivity contribution >= 4 is 23.1 Å². The third kappa shape index (κ3) is 6.14. The Morgan fingerprint density at radius 1 is 1.16 bits per heavy atom. The summed E-state index contributed by atoms with van der Waals surface area (Å²) in [4.78, 5) is 16.8. The maximum atomic E-state index is 14.0. The van der Waals surface area contributed by atoms with Crippen LogP contribution in [0.5, 0.6) is 0 Å². The van der Waals surface area contributed by atoms with Gasteiger partial charge >= 0.3 is 12.1 Å². The highest BCUT2D eigenvalue weighted by atomic mass is 19.4. The number of nitrogens with zero attached hydrogens (tertiary/aromatic N) is 1. The van der Waals surface area contributed by atoms with Gasteiger partial charge in [0.1, 0.15) is 11.6 Å². The molecule has 0 amide bonds. The summed E-state index contributed by atoms with van der Waals surface area (Å²) in [6, 6.07) is 12.6. The number of nitrogens with one attached hydrogen (secondary N) is 1. The zero-order valence-electron chi connectivity index (χ0n) is 16.3. The van der Waals surface area contributed by atoms with E-state index >= 15 is 0 Å². The number of H-pyrrole nitrogens is 1. The van der Waals surface area contributed by atoms with Crippen LogP contribution in [0.1, 0.15) is 18.7 Å². The van der Waals surface area contributed by atoms with Crippen LogP contribution in [0, 0.1) is 11.7 Å². The zero-order valence-corrected chi connectivity index (χ0v) is 16.3. The van der Waals surface area contributed by atoms with Crippen molar-refractivity contribution in [1.82, 2.24) is 9.97 Å². The predicted molar refractivity (Wildman–Crippen MR) is 108 cm³/mol. The van der Waals surface area contributed by atoms with Crippen LogP contribution in [0.25, 0.3) is 28.2 Å². The van der Waals surface area contributed by atoms with E-state index in [1.807, 2.05) is 30.3 Å². The molecular weight excluding hydrogens is 416 g/mol. The number of aromatic amines is 1. The molecule has 0 aliphatic carbocycles. The Morgan fingerprint density at radius 3 is 2.48 bits per heavy atom. The number of hydrogen-bond acceptors (Lipinski definition) is 3. The van der Waals surface area contributed by atoms with E-state index in [1.54, 1.807) is 12.1 Å². The van der Waals surface area contributed by atoms with Crippen LogP contribution in [0.4, 0.5) is 17.6 Å².